The Morgan fingerprint density at radius 2 is 1.33 bits per heavy atom. The smallest absolute Gasteiger partial charge is 0.0720 e. The van der Waals surface area contributed by atoms with Crippen molar-refractivity contribution < 1.29 is 0 Å². The van der Waals surface area contributed by atoms with Crippen molar-refractivity contribution in [2.24, 2.45) is 0 Å². The molecule has 0 radical (unpaired) electrons. The third kappa shape index (κ3) is 2.52. The first-order chi connectivity index (χ1) is 5.61. The molecule has 1 rings (SSSR count). The molecule has 2 atom stereocenters. The van der Waals surface area contributed by atoms with Crippen LogP contribution in [0.15, 0.2) is 12.4 Å². The van der Waals surface area contributed by atoms with Crippen molar-refractivity contribution in [3.63, 3.8) is 0 Å². The molecule has 66 valence electrons. The second kappa shape index (κ2) is 4.33. The summed E-state index contributed by atoms with van der Waals surface area (Å²) >= 11 is 6.86. The monoisotopic (exact) mass is 292 g/mol. The van der Waals surface area contributed by atoms with Crippen LogP contribution in [0, 0.1) is 0 Å². The van der Waals surface area contributed by atoms with Gasteiger partial charge in [-0.1, -0.05) is 31.9 Å². The van der Waals surface area contributed by atoms with Crippen molar-refractivity contribution in [1.29, 1.82) is 0 Å². The van der Waals surface area contributed by atoms with Crippen molar-refractivity contribution in [3.8, 4) is 0 Å². The second-order valence-corrected chi connectivity index (χ2v) is 5.35. The third-order valence-corrected chi connectivity index (χ3v) is 2.45. The quantitative estimate of drug-likeness (QED) is 0.781. The van der Waals surface area contributed by atoms with Gasteiger partial charge in [0.05, 0.1) is 21.0 Å². The Balaban J connectivity index is 2.86. The van der Waals surface area contributed by atoms with Gasteiger partial charge < -0.3 is 0 Å². The van der Waals surface area contributed by atoms with Gasteiger partial charge in [0, 0.05) is 12.4 Å². The third-order valence-electron chi connectivity index (χ3n) is 1.51. The molecule has 0 aliphatic carbocycles. The highest BCUT2D eigenvalue weighted by Crippen LogP contribution is 2.21. The minimum absolute atomic E-state index is 0.268. The van der Waals surface area contributed by atoms with E-state index in [9.17, 15) is 0 Å². The Morgan fingerprint density at radius 3 is 1.50 bits per heavy atom. The van der Waals surface area contributed by atoms with Gasteiger partial charge in [0.15, 0.2) is 0 Å². The lowest BCUT2D eigenvalue weighted by molar-refractivity contribution is 0.928. The van der Waals surface area contributed by atoms with Crippen molar-refractivity contribution in [1.82, 2.24) is 9.97 Å². The highest BCUT2D eigenvalue weighted by Gasteiger charge is 2.05. The molecule has 0 saturated heterocycles. The van der Waals surface area contributed by atoms with E-state index in [1.54, 1.807) is 12.4 Å². The maximum absolute atomic E-state index is 4.26. The first kappa shape index (κ1) is 10.1. The summed E-state index contributed by atoms with van der Waals surface area (Å²) in [4.78, 5) is 9.06. The Morgan fingerprint density at radius 1 is 1.00 bits per heavy atom. The van der Waals surface area contributed by atoms with Crippen molar-refractivity contribution in [2.75, 3.05) is 0 Å². The van der Waals surface area contributed by atoms with Crippen molar-refractivity contribution in [2.45, 2.75) is 23.5 Å². The lowest BCUT2D eigenvalue weighted by atomic mass is 10.3. The van der Waals surface area contributed by atoms with Crippen LogP contribution in [0.3, 0.4) is 0 Å². The van der Waals surface area contributed by atoms with Crippen LogP contribution < -0.4 is 0 Å². The van der Waals surface area contributed by atoms with Crippen LogP contribution in [-0.2, 0) is 0 Å². The minimum atomic E-state index is 0.268. The molecule has 0 bridgehead atoms. The molecular formula is C8H10Br2N2. The van der Waals surface area contributed by atoms with Gasteiger partial charge in [0.2, 0.25) is 0 Å². The number of aromatic nitrogens is 2. The summed E-state index contributed by atoms with van der Waals surface area (Å²) in [7, 11) is 0. The zero-order chi connectivity index (χ0) is 9.14. The summed E-state index contributed by atoms with van der Waals surface area (Å²) in [6, 6.07) is 0. The number of hydrogen-bond donors (Lipinski definition) is 0. The summed E-state index contributed by atoms with van der Waals surface area (Å²) in [5.41, 5.74) is 1.93. The van der Waals surface area contributed by atoms with E-state index in [-0.39, 0.29) is 9.65 Å². The van der Waals surface area contributed by atoms with E-state index in [0.717, 1.165) is 11.4 Å². The minimum Gasteiger partial charge on any atom is -0.257 e. The van der Waals surface area contributed by atoms with Gasteiger partial charge in [0.25, 0.3) is 0 Å². The van der Waals surface area contributed by atoms with Gasteiger partial charge in [-0.2, -0.15) is 0 Å². The molecule has 0 amide bonds. The second-order valence-electron chi connectivity index (χ2n) is 2.60. The van der Waals surface area contributed by atoms with Crippen LogP contribution in [0.25, 0.3) is 0 Å². The molecule has 0 N–H and O–H groups in total. The van der Waals surface area contributed by atoms with E-state index in [1.807, 2.05) is 13.8 Å². The molecule has 0 aliphatic rings. The molecule has 0 spiro atoms. The summed E-state index contributed by atoms with van der Waals surface area (Å²) in [6.07, 6.45) is 3.60. The highest BCUT2D eigenvalue weighted by atomic mass is 79.9. The number of nitrogens with zero attached hydrogens (tertiary/aromatic N) is 2. The number of hydrogen-bond acceptors (Lipinski definition) is 2. The average molecular weight is 294 g/mol. The van der Waals surface area contributed by atoms with E-state index in [0.29, 0.717) is 0 Å². The average Bonchev–Trinajstić information content (AvgIpc) is 2.04. The van der Waals surface area contributed by atoms with E-state index >= 15 is 0 Å². The molecule has 12 heavy (non-hydrogen) atoms. The first-order valence-electron chi connectivity index (χ1n) is 3.71. The Hall–Kier alpha value is 0.0400. The largest absolute Gasteiger partial charge is 0.257 e. The van der Waals surface area contributed by atoms with Gasteiger partial charge in [-0.25, -0.2) is 0 Å². The number of rotatable bonds is 2. The van der Waals surface area contributed by atoms with Gasteiger partial charge in [-0.05, 0) is 13.8 Å². The highest BCUT2D eigenvalue weighted by molar-refractivity contribution is 9.09. The van der Waals surface area contributed by atoms with Crippen LogP contribution in [0.2, 0.25) is 0 Å². The normalized spacial score (nSPS) is 15.7. The predicted octanol–water partition coefficient (Wildman–Crippen LogP) is 3.39. The lowest BCUT2D eigenvalue weighted by Crippen LogP contribution is -1.96. The number of halogens is 2. The standard InChI is InChI=1S/C8H10Br2N2/c1-5(9)7-3-12-8(4-11-7)6(2)10/h3-6H,1-2H3. The zero-order valence-electron chi connectivity index (χ0n) is 6.96. The fraction of sp³-hybridized carbons (Fsp3) is 0.500. The molecule has 4 heteroatoms. The van der Waals surface area contributed by atoms with E-state index in [1.165, 1.54) is 0 Å². The van der Waals surface area contributed by atoms with Gasteiger partial charge >= 0.3 is 0 Å². The molecule has 1 aromatic rings. The molecule has 0 aliphatic heterocycles. The van der Waals surface area contributed by atoms with E-state index < -0.39 is 0 Å². The van der Waals surface area contributed by atoms with Gasteiger partial charge in [-0.3, -0.25) is 9.97 Å². The van der Waals surface area contributed by atoms with Crippen LogP contribution in [-0.4, -0.2) is 9.97 Å². The lowest BCUT2D eigenvalue weighted by Gasteiger charge is -2.04. The molecule has 2 unspecified atom stereocenters. The number of alkyl halides is 2. The topological polar surface area (TPSA) is 25.8 Å². The molecule has 0 saturated carbocycles. The molecular weight excluding hydrogens is 284 g/mol. The first-order valence-corrected chi connectivity index (χ1v) is 5.54. The van der Waals surface area contributed by atoms with Crippen LogP contribution in [0.1, 0.15) is 34.9 Å². The van der Waals surface area contributed by atoms with E-state index in [2.05, 4.69) is 41.8 Å². The Bertz CT molecular complexity index is 217. The molecule has 0 aromatic carbocycles. The summed E-state index contributed by atoms with van der Waals surface area (Å²) in [5, 5.41) is 0. The van der Waals surface area contributed by atoms with Crippen molar-refractivity contribution >= 4 is 31.9 Å². The van der Waals surface area contributed by atoms with Crippen LogP contribution >= 0.6 is 31.9 Å². The van der Waals surface area contributed by atoms with Gasteiger partial charge in [0.1, 0.15) is 0 Å². The molecule has 1 aromatic heterocycles. The van der Waals surface area contributed by atoms with Gasteiger partial charge in [-0.15, -0.1) is 0 Å². The fourth-order valence-electron chi connectivity index (χ4n) is 0.759. The summed E-state index contributed by atoms with van der Waals surface area (Å²) < 4.78 is 0. The maximum Gasteiger partial charge on any atom is 0.0720 e. The summed E-state index contributed by atoms with van der Waals surface area (Å²) in [6.45, 7) is 4.06. The summed E-state index contributed by atoms with van der Waals surface area (Å²) in [5.74, 6) is 0. The maximum atomic E-state index is 4.26. The SMILES string of the molecule is CC(Br)c1cnc(C(C)Br)cn1. The Labute approximate surface area is 89.1 Å². The van der Waals surface area contributed by atoms with Crippen LogP contribution in [0.5, 0.6) is 0 Å². The Kier molecular flexibility index (Phi) is 3.65. The van der Waals surface area contributed by atoms with Crippen molar-refractivity contribution in [3.05, 3.63) is 23.8 Å². The zero-order valence-corrected chi connectivity index (χ0v) is 10.1. The predicted molar refractivity (Wildman–Crippen MR) is 56.7 cm³/mol. The van der Waals surface area contributed by atoms with Crippen LogP contribution in [0.4, 0.5) is 0 Å². The molecule has 1 heterocycles. The molecule has 2 nitrogen and oxygen atoms in total. The molecule has 0 fully saturated rings. The van der Waals surface area contributed by atoms with E-state index in [4.69, 9.17) is 0 Å². The fourth-order valence-corrected chi connectivity index (χ4v) is 1.23.